The van der Waals surface area contributed by atoms with E-state index in [0.29, 0.717) is 46.2 Å². The lowest BCUT2D eigenvalue weighted by molar-refractivity contribution is -0.145. The van der Waals surface area contributed by atoms with E-state index in [-0.39, 0.29) is 38.2 Å². The van der Waals surface area contributed by atoms with Crippen LogP contribution in [0, 0.1) is 11.7 Å². The third kappa shape index (κ3) is 8.02. The van der Waals surface area contributed by atoms with Gasteiger partial charge in [0.15, 0.2) is 11.6 Å². The maximum absolute atomic E-state index is 14.1. The predicted molar refractivity (Wildman–Crippen MR) is 143 cm³/mol. The number of amides is 1. The SMILES string of the molecule is COc1ccc(CNC(=O)c2cc(-c3ncccc3COC(=O)CCCC(=O)O)ccc2OCC2CC2)cc1F. The summed E-state index contributed by atoms with van der Waals surface area (Å²) >= 11 is 0. The first-order valence-corrected chi connectivity index (χ1v) is 13.0. The summed E-state index contributed by atoms with van der Waals surface area (Å²) in [5, 5.41) is 11.6. The number of pyridine rings is 1. The van der Waals surface area contributed by atoms with Crippen molar-refractivity contribution in [1.82, 2.24) is 10.3 Å². The highest BCUT2D eigenvalue weighted by Crippen LogP contribution is 2.32. The topological polar surface area (TPSA) is 124 Å². The quantitative estimate of drug-likeness (QED) is 0.271. The van der Waals surface area contributed by atoms with Gasteiger partial charge in [-0.25, -0.2) is 4.39 Å². The van der Waals surface area contributed by atoms with E-state index in [1.54, 1.807) is 42.6 Å². The van der Waals surface area contributed by atoms with E-state index in [0.717, 1.165) is 12.8 Å². The molecule has 1 amide bonds. The summed E-state index contributed by atoms with van der Waals surface area (Å²) in [6.07, 6.45) is 3.86. The molecular weight excluding hydrogens is 519 g/mol. The molecule has 0 saturated heterocycles. The van der Waals surface area contributed by atoms with Crippen LogP contribution < -0.4 is 14.8 Å². The Morgan fingerprint density at radius 2 is 1.88 bits per heavy atom. The van der Waals surface area contributed by atoms with Gasteiger partial charge in [-0.05, 0) is 67.1 Å². The molecular formula is C30H31FN2O7. The van der Waals surface area contributed by atoms with Crippen LogP contribution in [0.2, 0.25) is 0 Å². The Kier molecular flexibility index (Phi) is 9.66. The van der Waals surface area contributed by atoms with Crippen molar-refractivity contribution in [2.75, 3.05) is 13.7 Å². The number of carboxylic acid groups (broad SMARTS) is 1. The minimum Gasteiger partial charge on any atom is -0.494 e. The molecule has 4 rings (SSSR count). The Balaban J connectivity index is 1.51. The van der Waals surface area contributed by atoms with Gasteiger partial charge in [-0.1, -0.05) is 12.1 Å². The highest BCUT2D eigenvalue weighted by atomic mass is 19.1. The normalized spacial score (nSPS) is 12.4. The molecule has 1 fully saturated rings. The number of hydrogen-bond donors (Lipinski definition) is 2. The third-order valence-electron chi connectivity index (χ3n) is 6.39. The van der Waals surface area contributed by atoms with Gasteiger partial charge in [0, 0.05) is 36.7 Å². The molecule has 10 heteroatoms. The van der Waals surface area contributed by atoms with Gasteiger partial charge in [-0.2, -0.15) is 0 Å². The molecule has 0 unspecified atom stereocenters. The van der Waals surface area contributed by atoms with Crippen molar-refractivity contribution in [3.8, 4) is 22.8 Å². The third-order valence-corrected chi connectivity index (χ3v) is 6.39. The zero-order valence-electron chi connectivity index (χ0n) is 22.2. The van der Waals surface area contributed by atoms with E-state index in [1.807, 2.05) is 0 Å². The standard InChI is InChI=1S/C30H31FN2O7/c1-38-26-11-9-20(14-24(26)31)16-33-30(37)23-15-21(10-12-25(23)39-17-19-7-8-19)29-22(4-3-13-32-29)18-40-28(36)6-2-5-27(34)35/h3-4,9-15,19H,2,5-8,16-18H2,1H3,(H,33,37)(H,34,35). The summed E-state index contributed by atoms with van der Waals surface area (Å²) in [5.74, 6) is -1.36. The number of esters is 1. The molecule has 210 valence electrons. The molecule has 2 aromatic carbocycles. The summed E-state index contributed by atoms with van der Waals surface area (Å²) in [5.41, 5.74) is 2.65. The summed E-state index contributed by atoms with van der Waals surface area (Å²) in [7, 11) is 1.38. The Morgan fingerprint density at radius 3 is 2.60 bits per heavy atom. The van der Waals surface area contributed by atoms with Crippen LogP contribution in [0.5, 0.6) is 11.5 Å². The van der Waals surface area contributed by atoms with Crippen LogP contribution in [0.4, 0.5) is 4.39 Å². The number of hydrogen-bond acceptors (Lipinski definition) is 7. The lowest BCUT2D eigenvalue weighted by Crippen LogP contribution is -2.24. The molecule has 2 N–H and O–H groups in total. The number of rotatable bonds is 14. The van der Waals surface area contributed by atoms with Gasteiger partial charge < -0.3 is 24.6 Å². The zero-order valence-corrected chi connectivity index (χ0v) is 22.2. The molecule has 3 aromatic rings. The fourth-order valence-electron chi connectivity index (χ4n) is 4.00. The predicted octanol–water partition coefficient (Wildman–Crippen LogP) is 4.91. The molecule has 1 saturated carbocycles. The monoisotopic (exact) mass is 550 g/mol. The fourth-order valence-corrected chi connectivity index (χ4v) is 4.00. The number of carbonyl (C=O) groups is 3. The summed E-state index contributed by atoms with van der Waals surface area (Å²) in [6, 6.07) is 13.1. The maximum atomic E-state index is 14.1. The number of nitrogens with zero attached hydrogens (tertiary/aromatic N) is 1. The van der Waals surface area contributed by atoms with Gasteiger partial charge in [0.25, 0.3) is 5.91 Å². The number of carbonyl (C=O) groups excluding carboxylic acids is 2. The summed E-state index contributed by atoms with van der Waals surface area (Å²) in [6.45, 7) is 0.550. The highest BCUT2D eigenvalue weighted by Gasteiger charge is 2.24. The molecule has 0 atom stereocenters. The first-order chi connectivity index (χ1) is 19.3. The molecule has 1 heterocycles. The van der Waals surface area contributed by atoms with Crippen molar-refractivity contribution >= 4 is 17.8 Å². The van der Waals surface area contributed by atoms with Gasteiger partial charge in [0.05, 0.1) is 25.0 Å². The number of ether oxygens (including phenoxy) is 3. The van der Waals surface area contributed by atoms with Crippen LogP contribution in [0.25, 0.3) is 11.3 Å². The Morgan fingerprint density at radius 1 is 1.07 bits per heavy atom. The molecule has 0 spiro atoms. The van der Waals surface area contributed by atoms with E-state index in [4.69, 9.17) is 19.3 Å². The van der Waals surface area contributed by atoms with Crippen LogP contribution in [-0.2, 0) is 27.5 Å². The highest BCUT2D eigenvalue weighted by molar-refractivity contribution is 5.98. The van der Waals surface area contributed by atoms with Crippen molar-refractivity contribution in [2.24, 2.45) is 5.92 Å². The van der Waals surface area contributed by atoms with Crippen molar-refractivity contribution in [3.05, 3.63) is 77.2 Å². The molecule has 1 aromatic heterocycles. The lowest BCUT2D eigenvalue weighted by Gasteiger charge is -2.15. The largest absolute Gasteiger partial charge is 0.494 e. The number of aromatic nitrogens is 1. The van der Waals surface area contributed by atoms with Crippen LogP contribution in [-0.4, -0.2) is 41.7 Å². The first kappa shape index (κ1) is 28.5. The average Bonchev–Trinajstić information content (AvgIpc) is 3.78. The van der Waals surface area contributed by atoms with Crippen molar-refractivity contribution in [2.45, 2.75) is 45.3 Å². The molecule has 1 aliphatic carbocycles. The minimum atomic E-state index is -0.970. The number of nitrogens with one attached hydrogen (secondary N) is 1. The van der Waals surface area contributed by atoms with Gasteiger partial charge in [0.2, 0.25) is 0 Å². The van der Waals surface area contributed by atoms with E-state index >= 15 is 0 Å². The van der Waals surface area contributed by atoms with Crippen molar-refractivity contribution in [1.29, 1.82) is 0 Å². The Labute approximate surface area is 231 Å². The van der Waals surface area contributed by atoms with Crippen LogP contribution in [0.3, 0.4) is 0 Å². The zero-order chi connectivity index (χ0) is 28.5. The number of methoxy groups -OCH3 is 1. The smallest absolute Gasteiger partial charge is 0.306 e. The molecule has 1 aliphatic rings. The van der Waals surface area contributed by atoms with Gasteiger partial charge in [-0.15, -0.1) is 0 Å². The van der Waals surface area contributed by atoms with Gasteiger partial charge in [0.1, 0.15) is 12.4 Å². The van der Waals surface area contributed by atoms with Gasteiger partial charge >= 0.3 is 11.9 Å². The Bertz CT molecular complexity index is 1370. The second-order valence-electron chi connectivity index (χ2n) is 9.54. The fraction of sp³-hybridized carbons (Fsp3) is 0.333. The van der Waals surface area contributed by atoms with Crippen LogP contribution in [0.1, 0.15) is 53.6 Å². The second-order valence-corrected chi connectivity index (χ2v) is 9.54. The summed E-state index contributed by atoms with van der Waals surface area (Å²) < 4.78 is 30.4. The van der Waals surface area contributed by atoms with E-state index in [9.17, 15) is 18.8 Å². The molecule has 40 heavy (non-hydrogen) atoms. The van der Waals surface area contributed by atoms with Crippen molar-refractivity contribution < 1.29 is 38.1 Å². The number of benzene rings is 2. The lowest BCUT2D eigenvalue weighted by atomic mass is 10.0. The van der Waals surface area contributed by atoms with Crippen molar-refractivity contribution in [3.63, 3.8) is 0 Å². The van der Waals surface area contributed by atoms with Crippen LogP contribution >= 0.6 is 0 Å². The van der Waals surface area contributed by atoms with Crippen LogP contribution in [0.15, 0.2) is 54.7 Å². The van der Waals surface area contributed by atoms with E-state index in [2.05, 4.69) is 10.3 Å². The average molecular weight is 551 g/mol. The van der Waals surface area contributed by atoms with E-state index < -0.39 is 23.7 Å². The molecule has 9 nitrogen and oxygen atoms in total. The Hall–Kier alpha value is -4.47. The molecule has 0 bridgehead atoms. The number of carboxylic acids is 1. The summed E-state index contributed by atoms with van der Waals surface area (Å²) in [4.78, 5) is 40.5. The molecule has 0 aliphatic heterocycles. The number of aliphatic carboxylic acids is 1. The first-order valence-electron chi connectivity index (χ1n) is 13.0. The second kappa shape index (κ2) is 13.5. The molecule has 0 radical (unpaired) electrons. The maximum Gasteiger partial charge on any atom is 0.306 e. The van der Waals surface area contributed by atoms with E-state index in [1.165, 1.54) is 19.2 Å². The minimum absolute atomic E-state index is 0.00264. The van der Waals surface area contributed by atoms with Gasteiger partial charge in [-0.3, -0.25) is 19.4 Å². The number of halogens is 1.